The number of halogens is 1. The van der Waals surface area contributed by atoms with Crippen molar-refractivity contribution >= 4 is 11.7 Å². The molecule has 0 aromatic heterocycles. The van der Waals surface area contributed by atoms with E-state index in [2.05, 4.69) is 17.4 Å². The van der Waals surface area contributed by atoms with E-state index in [1.165, 1.54) is 17.2 Å². The molecule has 2 aromatic carbocycles. The predicted octanol–water partition coefficient (Wildman–Crippen LogP) is 3.16. The van der Waals surface area contributed by atoms with Crippen LogP contribution in [-0.4, -0.2) is 31.6 Å². The van der Waals surface area contributed by atoms with E-state index in [4.69, 9.17) is 0 Å². The fourth-order valence-corrected chi connectivity index (χ4v) is 2.98. The van der Waals surface area contributed by atoms with Gasteiger partial charge in [-0.1, -0.05) is 30.3 Å². The highest BCUT2D eigenvalue weighted by Crippen LogP contribution is 2.20. The van der Waals surface area contributed by atoms with Gasteiger partial charge in [0.1, 0.15) is 5.82 Å². The molecule has 0 atom stereocenters. The number of rotatable bonds is 3. The highest BCUT2D eigenvalue weighted by molar-refractivity contribution is 5.74. The molecule has 3 rings (SSSR count). The van der Waals surface area contributed by atoms with Crippen LogP contribution in [0.3, 0.4) is 0 Å². The van der Waals surface area contributed by atoms with Crippen LogP contribution in [0.2, 0.25) is 0 Å². The van der Waals surface area contributed by atoms with Gasteiger partial charge in [-0.15, -0.1) is 0 Å². The molecule has 0 aliphatic carbocycles. The van der Waals surface area contributed by atoms with Crippen molar-refractivity contribution in [3.8, 4) is 0 Å². The topological polar surface area (TPSA) is 35.6 Å². The van der Waals surface area contributed by atoms with Gasteiger partial charge in [0.25, 0.3) is 0 Å². The maximum atomic E-state index is 14.0. The number of benzene rings is 2. The lowest BCUT2D eigenvalue weighted by Gasteiger charge is -2.29. The Bertz CT molecular complexity index is 745. The standard InChI is InChI=1S/C19H22FN3O/c1-22(2)18-8-7-14(11-17(18)20)12-21-19(24)23-10-9-15-5-3-4-6-16(15)13-23/h3-8,11H,9-10,12-13H2,1-2H3,(H,21,24). The molecule has 4 nitrogen and oxygen atoms in total. The van der Waals surface area contributed by atoms with Gasteiger partial charge >= 0.3 is 6.03 Å². The van der Waals surface area contributed by atoms with E-state index in [1.54, 1.807) is 30.0 Å². The van der Waals surface area contributed by atoms with E-state index in [9.17, 15) is 9.18 Å². The Hall–Kier alpha value is -2.56. The number of hydrogen-bond donors (Lipinski definition) is 1. The van der Waals surface area contributed by atoms with Crippen molar-refractivity contribution in [2.75, 3.05) is 25.5 Å². The van der Waals surface area contributed by atoms with Gasteiger partial charge in [-0.3, -0.25) is 0 Å². The third-order valence-corrected chi connectivity index (χ3v) is 4.36. The number of carbonyl (C=O) groups excluding carboxylic acids is 1. The number of nitrogens with zero attached hydrogens (tertiary/aromatic N) is 2. The molecule has 0 bridgehead atoms. The largest absolute Gasteiger partial charge is 0.375 e. The van der Waals surface area contributed by atoms with Crippen LogP contribution in [0.25, 0.3) is 0 Å². The molecule has 2 aromatic rings. The minimum absolute atomic E-state index is 0.110. The molecule has 24 heavy (non-hydrogen) atoms. The van der Waals surface area contributed by atoms with Gasteiger partial charge in [-0.25, -0.2) is 9.18 Å². The molecule has 0 radical (unpaired) electrons. The van der Waals surface area contributed by atoms with Gasteiger partial charge in [-0.2, -0.15) is 0 Å². The van der Waals surface area contributed by atoms with Crippen LogP contribution in [0.5, 0.6) is 0 Å². The first-order valence-electron chi connectivity index (χ1n) is 8.10. The zero-order valence-electron chi connectivity index (χ0n) is 14.1. The molecular formula is C19H22FN3O. The maximum absolute atomic E-state index is 14.0. The molecule has 126 valence electrons. The van der Waals surface area contributed by atoms with Crippen LogP contribution >= 0.6 is 0 Å². The summed E-state index contributed by atoms with van der Waals surface area (Å²) in [6, 6.07) is 13.1. The van der Waals surface area contributed by atoms with Crippen molar-refractivity contribution in [1.29, 1.82) is 0 Å². The summed E-state index contributed by atoms with van der Waals surface area (Å²) in [6.07, 6.45) is 0.871. The number of anilines is 1. The molecule has 1 aliphatic heterocycles. The second-order valence-corrected chi connectivity index (χ2v) is 6.28. The maximum Gasteiger partial charge on any atom is 0.317 e. The summed E-state index contributed by atoms with van der Waals surface area (Å²) in [7, 11) is 3.60. The molecule has 1 aliphatic rings. The minimum atomic E-state index is -0.279. The van der Waals surface area contributed by atoms with Gasteiger partial charge in [0, 0.05) is 33.7 Å². The number of carbonyl (C=O) groups is 1. The van der Waals surface area contributed by atoms with Crippen LogP contribution in [-0.2, 0) is 19.5 Å². The van der Waals surface area contributed by atoms with Crippen molar-refractivity contribution in [2.45, 2.75) is 19.5 Å². The van der Waals surface area contributed by atoms with E-state index in [1.807, 2.05) is 18.2 Å². The quantitative estimate of drug-likeness (QED) is 0.940. The zero-order chi connectivity index (χ0) is 17.1. The van der Waals surface area contributed by atoms with Gasteiger partial charge in [-0.05, 0) is 35.2 Å². The van der Waals surface area contributed by atoms with Crippen molar-refractivity contribution in [3.63, 3.8) is 0 Å². The molecule has 1 heterocycles. The Balaban J connectivity index is 1.59. The number of amides is 2. The first-order chi connectivity index (χ1) is 11.5. The van der Waals surface area contributed by atoms with E-state index in [0.717, 1.165) is 12.0 Å². The average molecular weight is 327 g/mol. The Labute approximate surface area is 141 Å². The molecule has 0 fully saturated rings. The van der Waals surface area contributed by atoms with Crippen LogP contribution in [0.1, 0.15) is 16.7 Å². The Morgan fingerprint density at radius 3 is 2.67 bits per heavy atom. The SMILES string of the molecule is CN(C)c1ccc(CNC(=O)N2CCc3ccccc3C2)cc1F. The van der Waals surface area contributed by atoms with Crippen LogP contribution in [0.15, 0.2) is 42.5 Å². The van der Waals surface area contributed by atoms with Crippen molar-refractivity contribution in [2.24, 2.45) is 0 Å². The Morgan fingerprint density at radius 1 is 1.21 bits per heavy atom. The fourth-order valence-electron chi connectivity index (χ4n) is 2.98. The number of fused-ring (bicyclic) bond motifs is 1. The summed E-state index contributed by atoms with van der Waals surface area (Å²) >= 11 is 0. The van der Waals surface area contributed by atoms with Crippen LogP contribution in [0, 0.1) is 5.82 Å². The van der Waals surface area contributed by atoms with E-state index >= 15 is 0 Å². The van der Waals surface area contributed by atoms with Gasteiger partial charge in [0.15, 0.2) is 0 Å². The molecule has 0 spiro atoms. The summed E-state index contributed by atoms with van der Waals surface area (Å²) < 4.78 is 14.0. The second kappa shape index (κ2) is 6.91. The summed E-state index contributed by atoms with van der Waals surface area (Å²) in [5.41, 5.74) is 3.80. The summed E-state index contributed by atoms with van der Waals surface area (Å²) in [5, 5.41) is 2.88. The summed E-state index contributed by atoms with van der Waals surface area (Å²) in [5.74, 6) is -0.279. The number of nitrogens with one attached hydrogen (secondary N) is 1. The molecule has 0 unspecified atom stereocenters. The minimum Gasteiger partial charge on any atom is -0.375 e. The first-order valence-corrected chi connectivity index (χ1v) is 8.10. The summed E-state index contributed by atoms with van der Waals surface area (Å²) in [6.45, 7) is 1.65. The number of hydrogen-bond acceptors (Lipinski definition) is 2. The third-order valence-electron chi connectivity index (χ3n) is 4.36. The Kier molecular flexibility index (Phi) is 4.69. The van der Waals surface area contributed by atoms with Crippen molar-refractivity contribution in [1.82, 2.24) is 10.2 Å². The highest BCUT2D eigenvalue weighted by atomic mass is 19.1. The lowest BCUT2D eigenvalue weighted by atomic mass is 10.0. The predicted molar refractivity (Wildman–Crippen MR) is 93.5 cm³/mol. The highest BCUT2D eigenvalue weighted by Gasteiger charge is 2.20. The lowest BCUT2D eigenvalue weighted by Crippen LogP contribution is -2.42. The fraction of sp³-hybridized carbons (Fsp3) is 0.316. The second-order valence-electron chi connectivity index (χ2n) is 6.28. The van der Waals surface area contributed by atoms with E-state index in [0.29, 0.717) is 25.3 Å². The third kappa shape index (κ3) is 3.50. The Morgan fingerprint density at radius 2 is 1.96 bits per heavy atom. The van der Waals surface area contributed by atoms with Gasteiger partial charge in [0.2, 0.25) is 0 Å². The van der Waals surface area contributed by atoms with Gasteiger partial charge < -0.3 is 15.1 Å². The molecule has 1 N–H and O–H groups in total. The smallest absolute Gasteiger partial charge is 0.317 e. The number of urea groups is 1. The monoisotopic (exact) mass is 327 g/mol. The molecule has 0 saturated carbocycles. The molecular weight excluding hydrogens is 305 g/mol. The van der Waals surface area contributed by atoms with E-state index in [-0.39, 0.29) is 11.8 Å². The molecule has 0 saturated heterocycles. The van der Waals surface area contributed by atoms with Crippen LogP contribution in [0.4, 0.5) is 14.9 Å². The van der Waals surface area contributed by atoms with Gasteiger partial charge in [0.05, 0.1) is 5.69 Å². The van der Waals surface area contributed by atoms with Crippen molar-refractivity contribution < 1.29 is 9.18 Å². The van der Waals surface area contributed by atoms with Crippen LogP contribution < -0.4 is 10.2 Å². The molecule has 2 amide bonds. The van der Waals surface area contributed by atoms with Crippen molar-refractivity contribution in [3.05, 3.63) is 65.0 Å². The summed E-state index contributed by atoms with van der Waals surface area (Å²) in [4.78, 5) is 15.9. The zero-order valence-corrected chi connectivity index (χ0v) is 14.1. The average Bonchev–Trinajstić information content (AvgIpc) is 2.59. The van der Waals surface area contributed by atoms with E-state index < -0.39 is 0 Å². The lowest BCUT2D eigenvalue weighted by molar-refractivity contribution is 0.192. The molecule has 5 heteroatoms. The first kappa shape index (κ1) is 16.3. The normalized spacial score (nSPS) is 13.4.